The molecule has 0 radical (unpaired) electrons. The first-order valence-electron chi connectivity index (χ1n) is 15.7. The average molecular weight is 600 g/mol. The maximum Gasteiger partial charge on any atom is 0.328 e. The van der Waals surface area contributed by atoms with Gasteiger partial charge in [0.25, 0.3) is 0 Å². The summed E-state index contributed by atoms with van der Waals surface area (Å²) in [7, 11) is 0. The van der Waals surface area contributed by atoms with Crippen LogP contribution in [0.1, 0.15) is 68.9 Å². The minimum atomic E-state index is -1.26. The van der Waals surface area contributed by atoms with E-state index < -0.39 is 11.9 Å². The van der Waals surface area contributed by atoms with Gasteiger partial charge >= 0.3 is 11.9 Å². The van der Waals surface area contributed by atoms with Crippen LogP contribution in [0.25, 0.3) is 11.0 Å². The number of aliphatic carboxylic acids is 2. The fourth-order valence-electron chi connectivity index (χ4n) is 7.92. The fraction of sp³-hybridized carbons (Fsp3) is 0.471. The summed E-state index contributed by atoms with van der Waals surface area (Å²) in [6.07, 6.45) is 16.7. The smallest absolute Gasteiger partial charge is 0.328 e. The number of hydrogen-bond acceptors (Lipinski definition) is 6. The summed E-state index contributed by atoms with van der Waals surface area (Å²) < 4.78 is 10.4. The zero-order valence-electron chi connectivity index (χ0n) is 24.9. The molecule has 0 aromatic carbocycles. The largest absolute Gasteiger partial charge is 0.478 e. The van der Waals surface area contributed by atoms with Crippen molar-refractivity contribution in [2.24, 2.45) is 17.8 Å². The lowest BCUT2D eigenvalue weighted by atomic mass is 9.53. The number of nitrogens with zero attached hydrogens (tertiary/aromatic N) is 4. The molecule has 0 aliphatic heterocycles. The van der Waals surface area contributed by atoms with Gasteiger partial charge in [0.05, 0.1) is 22.4 Å². The molecule has 4 bridgehead atoms. The Labute approximate surface area is 256 Å². The Kier molecular flexibility index (Phi) is 9.09. The summed E-state index contributed by atoms with van der Waals surface area (Å²) in [5, 5.41) is 29.3. The van der Waals surface area contributed by atoms with Crippen LogP contribution in [0.3, 0.4) is 0 Å². The molecule has 4 aromatic heterocycles. The Bertz CT molecular complexity index is 1510. The minimum Gasteiger partial charge on any atom is -0.478 e. The topological polar surface area (TPSA) is 130 Å². The Balaban J connectivity index is 0.000000381. The van der Waals surface area contributed by atoms with Crippen LogP contribution in [0.4, 0.5) is 0 Å². The third-order valence-corrected chi connectivity index (χ3v) is 9.33. The number of aromatic nitrogens is 4. The highest BCUT2D eigenvalue weighted by Gasteiger charge is 2.50. The highest BCUT2D eigenvalue weighted by atomic mass is 16.5. The number of hydrogen-bond donors (Lipinski definition) is 3. The van der Waals surface area contributed by atoms with Crippen LogP contribution in [0.2, 0.25) is 0 Å². The Hall–Kier alpha value is -4.02. The van der Waals surface area contributed by atoms with E-state index >= 15 is 0 Å². The summed E-state index contributed by atoms with van der Waals surface area (Å²) in [4.78, 5) is 19.1. The molecular weight excluding hydrogens is 558 g/mol. The maximum atomic E-state index is 9.55. The highest BCUT2D eigenvalue weighted by molar-refractivity contribution is 5.89. The third kappa shape index (κ3) is 7.36. The minimum absolute atomic E-state index is 0.106. The number of rotatable bonds is 12. The average Bonchev–Trinajstić information content (AvgIpc) is 3.61. The molecule has 4 fully saturated rings. The second kappa shape index (κ2) is 13.3. The number of carboxylic acids is 2. The van der Waals surface area contributed by atoms with Crippen molar-refractivity contribution in [3.8, 4) is 0 Å². The van der Waals surface area contributed by atoms with E-state index in [0.29, 0.717) is 17.7 Å². The molecule has 1 atom stereocenters. The van der Waals surface area contributed by atoms with E-state index in [0.717, 1.165) is 72.6 Å². The standard InChI is InChI=1S/C30H37N5O.C4H4O4/c1-4-10-34-26(7-1)16-25(32-34)17-29(28-18-27-8-2-5-11-35(27)33-28)36-12-6-3-9-31-30-19-22-13-23(20-30)15-24(14-22)21-30;5-3(6)1-2-4(7)8/h1-2,4-5,7-8,10-11,16,18,22-24,29,31H,3,6,9,12-15,17,19-21H2;1-2H,(H,5,6)(H,7,8). The summed E-state index contributed by atoms with van der Waals surface area (Å²) >= 11 is 0. The van der Waals surface area contributed by atoms with Crippen LogP contribution in [-0.4, -0.2) is 60.1 Å². The lowest BCUT2D eigenvalue weighted by Crippen LogP contribution is -2.58. The molecule has 0 spiro atoms. The normalized spacial score (nSPS) is 24.5. The first-order valence-corrected chi connectivity index (χ1v) is 15.7. The molecule has 4 aromatic rings. The number of nitrogens with one attached hydrogen (secondary N) is 1. The van der Waals surface area contributed by atoms with E-state index in [1.165, 1.54) is 38.5 Å². The second-order valence-electron chi connectivity index (χ2n) is 12.8. The van der Waals surface area contributed by atoms with Crippen molar-refractivity contribution >= 4 is 23.0 Å². The van der Waals surface area contributed by atoms with Gasteiger partial charge in [-0.3, -0.25) is 0 Å². The van der Waals surface area contributed by atoms with E-state index in [4.69, 9.17) is 25.1 Å². The van der Waals surface area contributed by atoms with Crippen molar-refractivity contribution in [1.82, 2.24) is 24.5 Å². The molecule has 4 aliphatic carbocycles. The van der Waals surface area contributed by atoms with Gasteiger partial charge in [0, 0.05) is 43.1 Å². The zero-order chi connectivity index (χ0) is 30.5. The van der Waals surface area contributed by atoms with Crippen LogP contribution in [0, 0.1) is 17.8 Å². The van der Waals surface area contributed by atoms with Gasteiger partial charge in [-0.05, 0) is 112 Å². The van der Waals surface area contributed by atoms with Crippen LogP contribution < -0.4 is 5.32 Å². The van der Waals surface area contributed by atoms with Crippen molar-refractivity contribution in [2.45, 2.75) is 69.4 Å². The number of fused-ring (bicyclic) bond motifs is 2. The van der Waals surface area contributed by atoms with Crippen molar-refractivity contribution < 1.29 is 24.5 Å². The Morgan fingerprint density at radius 1 is 0.886 bits per heavy atom. The summed E-state index contributed by atoms with van der Waals surface area (Å²) in [6, 6.07) is 16.6. The van der Waals surface area contributed by atoms with Crippen molar-refractivity contribution in [1.29, 1.82) is 0 Å². The number of carboxylic acid groups (broad SMARTS) is 2. The second-order valence-corrected chi connectivity index (χ2v) is 12.8. The summed E-state index contributed by atoms with van der Waals surface area (Å²) in [5.41, 5.74) is 4.67. The van der Waals surface area contributed by atoms with E-state index in [2.05, 4.69) is 35.6 Å². The maximum absolute atomic E-state index is 9.55. The van der Waals surface area contributed by atoms with Crippen molar-refractivity contribution in [2.75, 3.05) is 13.2 Å². The van der Waals surface area contributed by atoms with Gasteiger partial charge < -0.3 is 20.3 Å². The number of pyridine rings is 2. The predicted molar refractivity (Wildman–Crippen MR) is 165 cm³/mol. The first kappa shape index (κ1) is 30.0. The van der Waals surface area contributed by atoms with E-state index in [9.17, 15) is 9.59 Å². The fourth-order valence-corrected chi connectivity index (χ4v) is 7.92. The molecule has 0 amide bonds. The van der Waals surface area contributed by atoms with Gasteiger partial charge in [-0.1, -0.05) is 12.1 Å². The monoisotopic (exact) mass is 599 g/mol. The van der Waals surface area contributed by atoms with Gasteiger partial charge in [0.1, 0.15) is 6.10 Å². The van der Waals surface area contributed by atoms with Gasteiger partial charge in [-0.15, -0.1) is 0 Å². The molecular formula is C34H41N5O5. The number of ether oxygens (including phenoxy) is 1. The molecule has 232 valence electrons. The molecule has 8 rings (SSSR count). The molecule has 0 saturated heterocycles. The molecule has 10 heteroatoms. The number of unbranched alkanes of at least 4 members (excludes halogenated alkanes) is 1. The lowest BCUT2D eigenvalue weighted by molar-refractivity contribution is -0.134. The first-order chi connectivity index (χ1) is 21.3. The Morgan fingerprint density at radius 3 is 2.05 bits per heavy atom. The third-order valence-electron chi connectivity index (χ3n) is 9.33. The quantitative estimate of drug-likeness (QED) is 0.147. The van der Waals surface area contributed by atoms with Crippen LogP contribution in [0.5, 0.6) is 0 Å². The van der Waals surface area contributed by atoms with Gasteiger partial charge in [0.2, 0.25) is 0 Å². The molecule has 3 N–H and O–H groups in total. The molecule has 4 heterocycles. The van der Waals surface area contributed by atoms with Gasteiger partial charge in [-0.2, -0.15) is 10.2 Å². The highest BCUT2D eigenvalue weighted by Crippen LogP contribution is 2.55. The van der Waals surface area contributed by atoms with E-state index in [-0.39, 0.29) is 6.10 Å². The molecule has 1 unspecified atom stereocenters. The predicted octanol–water partition coefficient (Wildman–Crippen LogP) is 5.33. The van der Waals surface area contributed by atoms with Gasteiger partial charge in [0.15, 0.2) is 0 Å². The zero-order valence-corrected chi connectivity index (χ0v) is 24.9. The van der Waals surface area contributed by atoms with Crippen molar-refractivity contribution in [3.05, 3.63) is 84.5 Å². The molecule has 10 nitrogen and oxygen atoms in total. The molecule has 44 heavy (non-hydrogen) atoms. The van der Waals surface area contributed by atoms with E-state index in [1.807, 2.05) is 39.6 Å². The van der Waals surface area contributed by atoms with Crippen molar-refractivity contribution in [3.63, 3.8) is 0 Å². The number of carbonyl (C=O) groups is 2. The van der Waals surface area contributed by atoms with Gasteiger partial charge in [-0.25, -0.2) is 18.6 Å². The summed E-state index contributed by atoms with van der Waals surface area (Å²) in [5.74, 6) is 0.480. The lowest BCUT2D eigenvalue weighted by Gasteiger charge is -2.57. The van der Waals surface area contributed by atoms with Crippen LogP contribution >= 0.6 is 0 Å². The van der Waals surface area contributed by atoms with Crippen LogP contribution in [0.15, 0.2) is 73.1 Å². The Morgan fingerprint density at radius 2 is 1.48 bits per heavy atom. The summed E-state index contributed by atoms with van der Waals surface area (Å²) in [6.45, 7) is 1.86. The van der Waals surface area contributed by atoms with Crippen LogP contribution in [-0.2, 0) is 20.7 Å². The molecule has 4 aliphatic rings. The van der Waals surface area contributed by atoms with E-state index in [1.54, 1.807) is 0 Å². The SMILES string of the molecule is O=C(O)C=CC(=O)O.c1ccn2nc(CC(OCCCCNC34CC5CC(CC(C5)C3)C4)c3cc4ccccn4n3)cc2c1. The molecule has 4 saturated carbocycles.